The average molecular weight is 355 g/mol. The fourth-order valence-electron chi connectivity index (χ4n) is 1.64. The van der Waals surface area contributed by atoms with Crippen LogP contribution in [0.1, 0.15) is 17.3 Å². The predicted molar refractivity (Wildman–Crippen MR) is 84.7 cm³/mol. The Labute approximate surface area is 131 Å². The van der Waals surface area contributed by atoms with Crippen molar-refractivity contribution in [3.63, 3.8) is 0 Å². The monoisotopic (exact) mass is 353 g/mol. The quantitative estimate of drug-likeness (QED) is 0.860. The lowest BCUT2D eigenvalue weighted by atomic mass is 10.2. The van der Waals surface area contributed by atoms with Crippen LogP contribution in [0.5, 0.6) is 5.75 Å². The van der Waals surface area contributed by atoms with E-state index in [2.05, 4.69) is 21.2 Å². The van der Waals surface area contributed by atoms with E-state index in [9.17, 15) is 4.79 Å². The maximum atomic E-state index is 12.1. The second kappa shape index (κ2) is 6.77. The Hall–Kier alpha value is -1.52. The zero-order chi connectivity index (χ0) is 14.5. The van der Waals surface area contributed by atoms with Gasteiger partial charge in [-0.15, -0.1) is 0 Å². The number of hydrogen-bond donors (Lipinski definition) is 1. The molecule has 1 amide bonds. The number of hydrogen-bond acceptors (Lipinski definition) is 2. The third-order valence-electron chi connectivity index (χ3n) is 2.60. The van der Waals surface area contributed by atoms with Crippen molar-refractivity contribution in [3.8, 4) is 5.75 Å². The molecule has 2 aromatic carbocycles. The van der Waals surface area contributed by atoms with E-state index in [1.165, 1.54) is 0 Å². The van der Waals surface area contributed by atoms with Crippen molar-refractivity contribution in [1.29, 1.82) is 0 Å². The Morgan fingerprint density at radius 3 is 2.55 bits per heavy atom. The highest BCUT2D eigenvalue weighted by molar-refractivity contribution is 9.10. The minimum atomic E-state index is -0.188. The normalized spacial score (nSPS) is 10.2. The highest BCUT2D eigenvalue weighted by Gasteiger charge is 2.08. The molecule has 0 fully saturated rings. The van der Waals surface area contributed by atoms with Gasteiger partial charge in [0.15, 0.2) is 0 Å². The maximum Gasteiger partial charge on any atom is 0.255 e. The first-order chi connectivity index (χ1) is 9.60. The number of ether oxygens (including phenoxy) is 1. The Balaban J connectivity index is 2.08. The molecule has 1 N–H and O–H groups in total. The fourth-order valence-corrected chi connectivity index (χ4v) is 2.14. The summed E-state index contributed by atoms with van der Waals surface area (Å²) in [4.78, 5) is 12.1. The molecular formula is C15H13BrClNO2. The molecule has 0 aromatic heterocycles. The standard InChI is InChI=1S/C15H13BrClNO2/c1-2-20-12-6-4-11(5-7-12)18-15(19)10-3-8-14(17)13(16)9-10/h3-9H,2H2,1H3,(H,18,19). The third-order valence-corrected chi connectivity index (χ3v) is 3.82. The Morgan fingerprint density at radius 2 is 1.95 bits per heavy atom. The SMILES string of the molecule is CCOc1ccc(NC(=O)c2ccc(Cl)c(Br)c2)cc1. The molecule has 0 spiro atoms. The predicted octanol–water partition coefficient (Wildman–Crippen LogP) is 4.75. The minimum Gasteiger partial charge on any atom is -0.494 e. The lowest BCUT2D eigenvalue weighted by Gasteiger charge is -2.07. The second-order valence-corrected chi connectivity index (χ2v) is 5.30. The molecule has 20 heavy (non-hydrogen) atoms. The summed E-state index contributed by atoms with van der Waals surface area (Å²) in [7, 11) is 0. The van der Waals surface area contributed by atoms with Crippen molar-refractivity contribution < 1.29 is 9.53 Å². The Bertz CT molecular complexity index is 614. The van der Waals surface area contributed by atoms with Crippen LogP contribution in [0, 0.1) is 0 Å². The van der Waals surface area contributed by atoms with Crippen LogP contribution in [-0.4, -0.2) is 12.5 Å². The van der Waals surface area contributed by atoms with E-state index in [-0.39, 0.29) is 5.91 Å². The molecular weight excluding hydrogens is 342 g/mol. The van der Waals surface area contributed by atoms with E-state index < -0.39 is 0 Å². The molecule has 0 saturated carbocycles. The van der Waals surface area contributed by atoms with E-state index in [0.717, 1.165) is 5.75 Å². The van der Waals surface area contributed by atoms with Crippen LogP contribution in [0.3, 0.4) is 0 Å². The molecule has 0 heterocycles. The van der Waals surface area contributed by atoms with Gasteiger partial charge in [0.2, 0.25) is 0 Å². The fraction of sp³-hybridized carbons (Fsp3) is 0.133. The van der Waals surface area contributed by atoms with Gasteiger partial charge in [0, 0.05) is 15.7 Å². The summed E-state index contributed by atoms with van der Waals surface area (Å²) in [6.45, 7) is 2.54. The summed E-state index contributed by atoms with van der Waals surface area (Å²) in [6.07, 6.45) is 0. The number of amides is 1. The summed E-state index contributed by atoms with van der Waals surface area (Å²) in [5.41, 5.74) is 1.25. The van der Waals surface area contributed by atoms with Crippen molar-refractivity contribution in [2.45, 2.75) is 6.92 Å². The molecule has 0 aliphatic carbocycles. The molecule has 104 valence electrons. The number of carbonyl (C=O) groups is 1. The highest BCUT2D eigenvalue weighted by atomic mass is 79.9. The average Bonchev–Trinajstić information content (AvgIpc) is 2.44. The summed E-state index contributed by atoms with van der Waals surface area (Å²) >= 11 is 9.20. The van der Waals surface area contributed by atoms with E-state index in [4.69, 9.17) is 16.3 Å². The van der Waals surface area contributed by atoms with Gasteiger partial charge in [0.05, 0.1) is 11.6 Å². The van der Waals surface area contributed by atoms with Crippen LogP contribution >= 0.6 is 27.5 Å². The molecule has 5 heteroatoms. The van der Waals surface area contributed by atoms with Crippen molar-refractivity contribution in [2.75, 3.05) is 11.9 Å². The largest absolute Gasteiger partial charge is 0.494 e. The van der Waals surface area contributed by atoms with Crippen LogP contribution in [0.2, 0.25) is 5.02 Å². The van der Waals surface area contributed by atoms with E-state index in [1.54, 1.807) is 30.3 Å². The summed E-state index contributed by atoms with van der Waals surface area (Å²) in [5.74, 6) is 0.589. The maximum absolute atomic E-state index is 12.1. The lowest BCUT2D eigenvalue weighted by Crippen LogP contribution is -2.11. The first-order valence-corrected chi connectivity index (χ1v) is 7.26. The summed E-state index contributed by atoms with van der Waals surface area (Å²) < 4.78 is 6.04. The minimum absolute atomic E-state index is 0.188. The van der Waals surface area contributed by atoms with Gasteiger partial charge < -0.3 is 10.1 Å². The summed E-state index contributed by atoms with van der Waals surface area (Å²) in [5, 5.41) is 3.39. The number of benzene rings is 2. The van der Waals surface area contributed by atoms with Crippen molar-refractivity contribution >= 4 is 39.1 Å². The van der Waals surface area contributed by atoms with E-state index in [1.807, 2.05) is 19.1 Å². The number of carbonyl (C=O) groups excluding carboxylic acids is 1. The summed E-state index contributed by atoms with van der Waals surface area (Å²) in [6, 6.07) is 12.3. The highest BCUT2D eigenvalue weighted by Crippen LogP contribution is 2.24. The third kappa shape index (κ3) is 3.74. The number of halogens is 2. The van der Waals surface area contributed by atoms with Crippen LogP contribution in [-0.2, 0) is 0 Å². The number of anilines is 1. The first-order valence-electron chi connectivity index (χ1n) is 6.09. The first kappa shape index (κ1) is 14.9. The lowest BCUT2D eigenvalue weighted by molar-refractivity contribution is 0.102. The van der Waals surface area contributed by atoms with Crippen molar-refractivity contribution in [1.82, 2.24) is 0 Å². The Morgan fingerprint density at radius 1 is 1.25 bits per heavy atom. The van der Waals surface area contributed by atoms with Crippen LogP contribution in [0.25, 0.3) is 0 Å². The van der Waals surface area contributed by atoms with Gasteiger partial charge in [-0.2, -0.15) is 0 Å². The topological polar surface area (TPSA) is 38.3 Å². The molecule has 0 unspecified atom stereocenters. The van der Waals surface area contributed by atoms with Gasteiger partial charge in [-0.3, -0.25) is 4.79 Å². The van der Waals surface area contributed by atoms with Gasteiger partial charge in [-0.05, 0) is 65.3 Å². The molecule has 0 atom stereocenters. The molecule has 0 saturated heterocycles. The molecule has 0 aliphatic rings. The zero-order valence-corrected chi connectivity index (χ0v) is 13.2. The van der Waals surface area contributed by atoms with E-state index in [0.29, 0.717) is 27.4 Å². The molecule has 0 aliphatic heterocycles. The molecule has 2 rings (SSSR count). The van der Waals surface area contributed by atoms with Gasteiger partial charge in [-0.25, -0.2) is 0 Å². The second-order valence-electron chi connectivity index (χ2n) is 4.04. The van der Waals surface area contributed by atoms with E-state index >= 15 is 0 Å². The number of rotatable bonds is 4. The molecule has 3 nitrogen and oxygen atoms in total. The smallest absolute Gasteiger partial charge is 0.255 e. The molecule has 0 radical (unpaired) electrons. The van der Waals surface area contributed by atoms with Crippen LogP contribution in [0.15, 0.2) is 46.9 Å². The van der Waals surface area contributed by atoms with Crippen molar-refractivity contribution in [3.05, 3.63) is 57.5 Å². The molecule has 2 aromatic rings. The van der Waals surface area contributed by atoms with Gasteiger partial charge in [0.25, 0.3) is 5.91 Å². The zero-order valence-electron chi connectivity index (χ0n) is 10.8. The van der Waals surface area contributed by atoms with Gasteiger partial charge in [0.1, 0.15) is 5.75 Å². The Kier molecular flexibility index (Phi) is 5.04. The van der Waals surface area contributed by atoms with Gasteiger partial charge in [-0.1, -0.05) is 11.6 Å². The molecule has 0 bridgehead atoms. The van der Waals surface area contributed by atoms with Crippen LogP contribution in [0.4, 0.5) is 5.69 Å². The number of nitrogens with one attached hydrogen (secondary N) is 1. The van der Waals surface area contributed by atoms with Gasteiger partial charge >= 0.3 is 0 Å². The van der Waals surface area contributed by atoms with Crippen molar-refractivity contribution in [2.24, 2.45) is 0 Å². The van der Waals surface area contributed by atoms with Crippen LogP contribution < -0.4 is 10.1 Å².